The summed E-state index contributed by atoms with van der Waals surface area (Å²) in [5.41, 5.74) is 1.94. The summed E-state index contributed by atoms with van der Waals surface area (Å²) < 4.78 is 23.0. The number of hydrogen-bond donors (Lipinski definition) is 2. The Bertz CT molecular complexity index is 1640. The van der Waals surface area contributed by atoms with E-state index in [-0.39, 0.29) is 23.8 Å². The summed E-state index contributed by atoms with van der Waals surface area (Å²) in [6.07, 6.45) is 2.99. The van der Waals surface area contributed by atoms with Gasteiger partial charge < -0.3 is 24.2 Å². The normalized spacial score (nSPS) is 14.4. The number of hydrogen-bond acceptors (Lipinski definition) is 9. The van der Waals surface area contributed by atoms with Gasteiger partial charge in [-0.15, -0.1) is 0 Å². The molecule has 0 bridgehead atoms. The van der Waals surface area contributed by atoms with Gasteiger partial charge in [-0.2, -0.15) is 0 Å². The smallest absolute Gasteiger partial charge is 0.261 e. The lowest BCUT2D eigenvalue weighted by atomic mass is 10.1. The van der Waals surface area contributed by atoms with E-state index >= 15 is 4.39 Å². The second-order valence-electron chi connectivity index (χ2n) is 12.1. The molecule has 5 rings (SSSR count). The molecule has 12 heteroatoms. The van der Waals surface area contributed by atoms with Gasteiger partial charge in [-0.25, -0.2) is 14.4 Å². The molecule has 4 aromatic rings. The molecule has 1 amide bonds. The number of ether oxygens (including phenoxy) is 1. The number of anilines is 2. The molecule has 1 aliphatic rings. The van der Waals surface area contributed by atoms with E-state index in [1.165, 1.54) is 25.6 Å². The molecule has 1 saturated heterocycles. The molecule has 0 saturated carbocycles. The van der Waals surface area contributed by atoms with Crippen LogP contribution < -0.4 is 15.0 Å². The Morgan fingerprint density at radius 3 is 2.57 bits per heavy atom. The molecule has 1 aromatic carbocycles. The molecule has 0 unspecified atom stereocenters. The predicted molar refractivity (Wildman–Crippen MR) is 170 cm³/mol. The highest BCUT2D eigenvalue weighted by Crippen LogP contribution is 2.32. The number of piperazine rings is 1. The molecule has 1 fully saturated rings. The van der Waals surface area contributed by atoms with Crippen molar-refractivity contribution in [3.8, 4) is 17.0 Å². The van der Waals surface area contributed by atoms with Gasteiger partial charge in [0, 0.05) is 63.0 Å². The zero-order valence-corrected chi connectivity index (χ0v) is 26.3. The van der Waals surface area contributed by atoms with Crippen LogP contribution in [-0.2, 0) is 6.54 Å². The lowest BCUT2D eigenvalue weighted by molar-refractivity contribution is 0.0630. The van der Waals surface area contributed by atoms with Crippen LogP contribution >= 0.6 is 0 Å². The van der Waals surface area contributed by atoms with E-state index in [0.717, 1.165) is 50.5 Å². The van der Waals surface area contributed by atoms with Crippen LogP contribution in [0.5, 0.6) is 5.75 Å². The molecule has 0 atom stereocenters. The summed E-state index contributed by atoms with van der Waals surface area (Å²) in [4.78, 5) is 33.7. The Balaban J connectivity index is 1.45. The quantitative estimate of drug-likeness (QED) is 0.280. The molecule has 44 heavy (non-hydrogen) atoms. The van der Waals surface area contributed by atoms with Crippen molar-refractivity contribution in [2.75, 3.05) is 70.7 Å². The first kappa shape index (κ1) is 31.3. The molecule has 4 heterocycles. The number of likely N-dealkylation sites (N-methyl/N-ethyl adjacent to an activating group) is 1. The highest BCUT2D eigenvalue weighted by atomic mass is 19.1. The number of carbonyl (C=O) groups excluding carboxylic acids is 1. The number of nitrogens with one attached hydrogen (secondary N) is 1. The number of aromatic nitrogens is 4. The third-order valence-electron chi connectivity index (χ3n) is 7.69. The first-order valence-electron chi connectivity index (χ1n) is 14.7. The number of fused-ring (bicyclic) bond motifs is 1. The van der Waals surface area contributed by atoms with Crippen LogP contribution in [0.15, 0.2) is 42.7 Å². The van der Waals surface area contributed by atoms with Crippen molar-refractivity contribution in [1.82, 2.24) is 29.3 Å². The maximum absolute atomic E-state index is 15.9. The van der Waals surface area contributed by atoms with Gasteiger partial charge >= 0.3 is 0 Å². The Labute approximate surface area is 257 Å². The Kier molecular flexibility index (Phi) is 9.14. The van der Waals surface area contributed by atoms with Gasteiger partial charge in [0.2, 0.25) is 5.95 Å². The number of halogens is 1. The van der Waals surface area contributed by atoms with Gasteiger partial charge in [0.25, 0.3) is 5.91 Å². The maximum Gasteiger partial charge on any atom is 0.261 e. The summed E-state index contributed by atoms with van der Waals surface area (Å²) in [5, 5.41) is 13.6. The Morgan fingerprint density at radius 2 is 1.89 bits per heavy atom. The van der Waals surface area contributed by atoms with Crippen molar-refractivity contribution in [1.29, 1.82) is 0 Å². The van der Waals surface area contributed by atoms with Crippen molar-refractivity contribution in [3.05, 3.63) is 59.8 Å². The van der Waals surface area contributed by atoms with Gasteiger partial charge in [-0.05, 0) is 65.2 Å². The van der Waals surface area contributed by atoms with E-state index < -0.39 is 17.3 Å². The van der Waals surface area contributed by atoms with Crippen LogP contribution in [0, 0.1) is 12.7 Å². The molecule has 0 spiro atoms. The summed E-state index contributed by atoms with van der Waals surface area (Å²) in [5.74, 6) is -0.872. The number of benzene rings is 1. The van der Waals surface area contributed by atoms with Gasteiger partial charge in [-0.1, -0.05) is 0 Å². The standard InChI is InChI=1S/C32H41FN8O3/c1-21-17-23(28(33)29(35-21)24-19-34-10-9-27(24)44-6)30(42)37-31-36-25-8-7-22(18-26(25)41(31)20-32(2,3)43)40-15-13-39(14-16-40)12-11-38(4)5/h7-10,17-19,43H,11-16,20H2,1-6H3,(H,36,37,42). The minimum Gasteiger partial charge on any atom is -0.496 e. The molecule has 1 aliphatic heterocycles. The van der Waals surface area contributed by atoms with E-state index in [0.29, 0.717) is 22.5 Å². The number of nitrogens with zero attached hydrogens (tertiary/aromatic N) is 7. The lowest BCUT2D eigenvalue weighted by Gasteiger charge is -2.36. The average Bonchev–Trinajstić information content (AvgIpc) is 3.31. The maximum atomic E-state index is 15.9. The Morgan fingerprint density at radius 1 is 1.14 bits per heavy atom. The summed E-state index contributed by atoms with van der Waals surface area (Å²) in [7, 11) is 5.65. The number of methoxy groups -OCH3 is 1. The van der Waals surface area contributed by atoms with Crippen LogP contribution in [-0.4, -0.2) is 106 Å². The van der Waals surface area contributed by atoms with Crippen LogP contribution in [0.3, 0.4) is 0 Å². The van der Waals surface area contributed by atoms with Crippen LogP contribution in [0.2, 0.25) is 0 Å². The van der Waals surface area contributed by atoms with Gasteiger partial charge in [0.05, 0.1) is 41.4 Å². The van der Waals surface area contributed by atoms with Crippen LogP contribution in [0.4, 0.5) is 16.0 Å². The highest BCUT2D eigenvalue weighted by Gasteiger charge is 2.26. The molecular weight excluding hydrogens is 563 g/mol. The van der Waals surface area contributed by atoms with Gasteiger partial charge in [0.1, 0.15) is 11.4 Å². The SMILES string of the molecule is COc1ccncc1-c1nc(C)cc(C(=O)Nc2nc3ccc(N4CCN(CCN(C)C)CC4)cc3n2CC(C)(C)O)c1F. The largest absolute Gasteiger partial charge is 0.496 e. The predicted octanol–water partition coefficient (Wildman–Crippen LogP) is 3.66. The number of rotatable bonds is 10. The summed E-state index contributed by atoms with van der Waals surface area (Å²) >= 11 is 0. The van der Waals surface area contributed by atoms with E-state index in [1.807, 2.05) is 18.2 Å². The molecule has 3 aromatic heterocycles. The van der Waals surface area contributed by atoms with Crippen molar-refractivity contribution >= 4 is 28.6 Å². The average molecular weight is 605 g/mol. The fourth-order valence-corrected chi connectivity index (χ4v) is 5.43. The molecular formula is C32H41FN8O3. The number of imidazole rings is 1. The minimum absolute atomic E-state index is 0.0310. The van der Waals surface area contributed by atoms with E-state index in [2.05, 4.69) is 49.1 Å². The topological polar surface area (TPSA) is 112 Å². The Hall–Kier alpha value is -4.13. The van der Waals surface area contributed by atoms with Crippen molar-refractivity contribution < 1.29 is 19.0 Å². The van der Waals surface area contributed by atoms with Crippen molar-refractivity contribution in [2.45, 2.75) is 32.9 Å². The van der Waals surface area contributed by atoms with E-state index in [4.69, 9.17) is 4.74 Å². The highest BCUT2D eigenvalue weighted by molar-refractivity contribution is 6.05. The fraction of sp³-hybridized carbons (Fsp3) is 0.438. The molecule has 11 nitrogen and oxygen atoms in total. The lowest BCUT2D eigenvalue weighted by Crippen LogP contribution is -2.48. The molecule has 0 aliphatic carbocycles. The number of carbonyl (C=O) groups is 1. The number of amides is 1. The molecule has 234 valence electrons. The molecule has 2 N–H and O–H groups in total. The first-order chi connectivity index (χ1) is 20.9. The van der Waals surface area contributed by atoms with Gasteiger partial charge in [0.15, 0.2) is 5.82 Å². The van der Waals surface area contributed by atoms with Crippen molar-refractivity contribution in [2.24, 2.45) is 0 Å². The summed E-state index contributed by atoms with van der Waals surface area (Å²) in [6.45, 7) is 11.0. The van der Waals surface area contributed by atoms with Crippen LogP contribution in [0.1, 0.15) is 29.9 Å². The zero-order valence-electron chi connectivity index (χ0n) is 26.3. The second-order valence-corrected chi connectivity index (χ2v) is 12.1. The summed E-state index contributed by atoms with van der Waals surface area (Å²) in [6, 6.07) is 9.00. The number of aliphatic hydroxyl groups is 1. The monoisotopic (exact) mass is 604 g/mol. The third-order valence-corrected chi connectivity index (χ3v) is 7.69. The molecule has 0 radical (unpaired) electrons. The first-order valence-corrected chi connectivity index (χ1v) is 14.7. The minimum atomic E-state index is -1.11. The number of pyridine rings is 2. The van der Waals surface area contributed by atoms with E-state index in [1.54, 1.807) is 31.4 Å². The van der Waals surface area contributed by atoms with E-state index in [9.17, 15) is 9.90 Å². The second kappa shape index (κ2) is 12.8. The third kappa shape index (κ3) is 6.98. The zero-order chi connectivity index (χ0) is 31.6. The van der Waals surface area contributed by atoms with Crippen LogP contribution in [0.25, 0.3) is 22.3 Å². The van der Waals surface area contributed by atoms with Crippen molar-refractivity contribution in [3.63, 3.8) is 0 Å². The fourth-order valence-electron chi connectivity index (χ4n) is 5.43. The van der Waals surface area contributed by atoms with Gasteiger partial charge in [-0.3, -0.25) is 20.0 Å². The number of aryl methyl sites for hydroxylation is 1.